The van der Waals surface area contributed by atoms with Gasteiger partial charge >= 0.3 is 0 Å². The van der Waals surface area contributed by atoms with E-state index in [2.05, 4.69) is 57.2 Å². The second kappa shape index (κ2) is 5.10. The molecule has 0 spiro atoms. The van der Waals surface area contributed by atoms with E-state index in [0.29, 0.717) is 5.92 Å². The first-order valence-corrected chi connectivity index (χ1v) is 8.43. The molecule has 0 nitrogen and oxygen atoms in total. The number of aryl methyl sites for hydroxylation is 1. The van der Waals surface area contributed by atoms with Gasteiger partial charge in [0.05, 0.1) is 0 Å². The standard InChI is InChI=1S/C17H18S2/c1-4-12-5-7-13(8-6-12)15-10-17-16(19-15)9-14(18-17)11(2)3/h5-11H,4H2,1-3H3. The third-order valence-electron chi connectivity index (χ3n) is 3.44. The summed E-state index contributed by atoms with van der Waals surface area (Å²) in [6.45, 7) is 6.73. The molecule has 2 heterocycles. The van der Waals surface area contributed by atoms with Crippen molar-refractivity contribution in [2.45, 2.75) is 33.1 Å². The smallest absolute Gasteiger partial charge is 0.0460 e. The lowest BCUT2D eigenvalue weighted by molar-refractivity contribution is 0.891. The van der Waals surface area contributed by atoms with Crippen molar-refractivity contribution in [3.63, 3.8) is 0 Å². The molecule has 0 amide bonds. The SMILES string of the molecule is CCc1ccc(-c2cc3sc(C(C)C)cc3s2)cc1. The number of benzene rings is 1. The van der Waals surface area contributed by atoms with Crippen molar-refractivity contribution in [3.8, 4) is 10.4 Å². The summed E-state index contributed by atoms with van der Waals surface area (Å²) in [6, 6.07) is 13.7. The summed E-state index contributed by atoms with van der Waals surface area (Å²) in [5.74, 6) is 0.636. The zero-order chi connectivity index (χ0) is 13.4. The Kier molecular flexibility index (Phi) is 3.46. The lowest BCUT2D eigenvalue weighted by Crippen LogP contribution is -1.79. The summed E-state index contributed by atoms with van der Waals surface area (Å²) in [5.41, 5.74) is 2.75. The van der Waals surface area contributed by atoms with Crippen LogP contribution in [0.3, 0.4) is 0 Å². The molecule has 3 rings (SSSR count). The van der Waals surface area contributed by atoms with Crippen molar-refractivity contribution in [1.82, 2.24) is 0 Å². The van der Waals surface area contributed by atoms with E-state index in [1.54, 1.807) is 0 Å². The second-order valence-corrected chi connectivity index (χ2v) is 7.39. The number of fused-ring (bicyclic) bond motifs is 1. The third-order valence-corrected chi connectivity index (χ3v) is 6.08. The maximum atomic E-state index is 2.36. The van der Waals surface area contributed by atoms with Crippen molar-refractivity contribution in [2.24, 2.45) is 0 Å². The van der Waals surface area contributed by atoms with Gasteiger partial charge in [0.15, 0.2) is 0 Å². The second-order valence-electron chi connectivity index (χ2n) is 5.19. The molecule has 19 heavy (non-hydrogen) atoms. The molecular weight excluding hydrogens is 268 g/mol. The van der Waals surface area contributed by atoms with Crippen LogP contribution in [0.2, 0.25) is 0 Å². The van der Waals surface area contributed by atoms with E-state index in [-0.39, 0.29) is 0 Å². The molecule has 0 aliphatic heterocycles. The molecule has 2 heteroatoms. The Balaban J connectivity index is 1.98. The van der Waals surface area contributed by atoms with Crippen LogP contribution in [0.5, 0.6) is 0 Å². The fourth-order valence-corrected chi connectivity index (χ4v) is 4.60. The minimum atomic E-state index is 0.636. The van der Waals surface area contributed by atoms with E-state index >= 15 is 0 Å². The van der Waals surface area contributed by atoms with E-state index in [9.17, 15) is 0 Å². The summed E-state index contributed by atoms with van der Waals surface area (Å²) >= 11 is 3.85. The zero-order valence-corrected chi connectivity index (χ0v) is 13.2. The first kappa shape index (κ1) is 12.9. The average molecular weight is 286 g/mol. The summed E-state index contributed by atoms with van der Waals surface area (Å²) < 4.78 is 2.87. The van der Waals surface area contributed by atoms with Gasteiger partial charge in [0.1, 0.15) is 0 Å². The highest BCUT2D eigenvalue weighted by Crippen LogP contribution is 2.40. The largest absolute Gasteiger partial charge is 0.139 e. The molecule has 0 bridgehead atoms. The van der Waals surface area contributed by atoms with Crippen molar-refractivity contribution < 1.29 is 0 Å². The van der Waals surface area contributed by atoms with Gasteiger partial charge in [0.2, 0.25) is 0 Å². The highest BCUT2D eigenvalue weighted by atomic mass is 32.1. The van der Waals surface area contributed by atoms with Crippen LogP contribution in [0.25, 0.3) is 19.8 Å². The first-order chi connectivity index (χ1) is 9.17. The van der Waals surface area contributed by atoms with E-state index in [4.69, 9.17) is 0 Å². The lowest BCUT2D eigenvalue weighted by atomic mass is 10.1. The Hall–Kier alpha value is -1.12. The van der Waals surface area contributed by atoms with Gasteiger partial charge in [-0.2, -0.15) is 0 Å². The maximum Gasteiger partial charge on any atom is 0.0460 e. The highest BCUT2D eigenvalue weighted by molar-refractivity contribution is 7.29. The maximum absolute atomic E-state index is 2.36. The van der Waals surface area contributed by atoms with Gasteiger partial charge < -0.3 is 0 Å². The lowest BCUT2D eigenvalue weighted by Gasteiger charge is -2.00. The molecule has 0 N–H and O–H groups in total. The Morgan fingerprint density at radius 2 is 1.63 bits per heavy atom. The van der Waals surface area contributed by atoms with Gasteiger partial charge in [-0.25, -0.2) is 0 Å². The topological polar surface area (TPSA) is 0 Å². The fourth-order valence-electron chi connectivity index (χ4n) is 2.19. The summed E-state index contributed by atoms with van der Waals surface area (Å²) in [4.78, 5) is 2.88. The molecule has 0 unspecified atom stereocenters. The summed E-state index contributed by atoms with van der Waals surface area (Å²) in [6.07, 6.45) is 1.11. The van der Waals surface area contributed by atoms with Gasteiger partial charge in [0.25, 0.3) is 0 Å². The van der Waals surface area contributed by atoms with Crippen molar-refractivity contribution in [1.29, 1.82) is 0 Å². The van der Waals surface area contributed by atoms with E-state index in [1.807, 2.05) is 22.7 Å². The van der Waals surface area contributed by atoms with Crippen molar-refractivity contribution in [3.05, 3.63) is 46.8 Å². The number of thiophene rings is 2. The van der Waals surface area contributed by atoms with Crippen LogP contribution >= 0.6 is 22.7 Å². The van der Waals surface area contributed by atoms with Crippen LogP contribution < -0.4 is 0 Å². The average Bonchev–Trinajstić information content (AvgIpc) is 2.97. The summed E-state index contributed by atoms with van der Waals surface area (Å²) in [5, 5.41) is 0. The van der Waals surface area contributed by atoms with Gasteiger partial charge in [-0.15, -0.1) is 22.7 Å². The molecule has 0 fully saturated rings. The molecule has 0 aliphatic carbocycles. The van der Waals surface area contributed by atoms with Crippen LogP contribution in [-0.2, 0) is 6.42 Å². The van der Waals surface area contributed by atoms with Gasteiger partial charge in [-0.1, -0.05) is 45.0 Å². The van der Waals surface area contributed by atoms with Crippen LogP contribution in [0.15, 0.2) is 36.4 Å². The molecular formula is C17H18S2. The van der Waals surface area contributed by atoms with Gasteiger partial charge in [-0.3, -0.25) is 0 Å². The highest BCUT2D eigenvalue weighted by Gasteiger charge is 2.10. The first-order valence-electron chi connectivity index (χ1n) is 6.80. The minimum absolute atomic E-state index is 0.636. The van der Waals surface area contributed by atoms with Crippen LogP contribution in [-0.4, -0.2) is 0 Å². The monoisotopic (exact) mass is 286 g/mol. The Morgan fingerprint density at radius 3 is 2.21 bits per heavy atom. The number of rotatable bonds is 3. The van der Waals surface area contributed by atoms with Gasteiger partial charge in [0, 0.05) is 19.2 Å². The molecule has 2 aromatic heterocycles. The van der Waals surface area contributed by atoms with Gasteiger partial charge in [-0.05, 0) is 35.6 Å². The predicted octanol–water partition coefficient (Wildman–Crippen LogP) is 6.32. The molecule has 3 aromatic rings. The molecule has 0 aliphatic rings. The normalized spacial score (nSPS) is 11.6. The fraction of sp³-hybridized carbons (Fsp3) is 0.294. The number of hydrogen-bond donors (Lipinski definition) is 0. The predicted molar refractivity (Wildman–Crippen MR) is 88.6 cm³/mol. The van der Waals surface area contributed by atoms with Crippen LogP contribution in [0, 0.1) is 0 Å². The summed E-state index contributed by atoms with van der Waals surface area (Å²) in [7, 11) is 0. The van der Waals surface area contributed by atoms with Crippen LogP contribution in [0.1, 0.15) is 37.1 Å². The molecule has 0 atom stereocenters. The zero-order valence-electron chi connectivity index (χ0n) is 11.6. The van der Waals surface area contributed by atoms with E-state index in [1.165, 1.54) is 30.3 Å². The van der Waals surface area contributed by atoms with E-state index in [0.717, 1.165) is 6.42 Å². The quantitative estimate of drug-likeness (QED) is 0.529. The Morgan fingerprint density at radius 1 is 0.947 bits per heavy atom. The molecule has 0 radical (unpaired) electrons. The molecule has 1 aromatic carbocycles. The molecule has 0 saturated heterocycles. The Bertz CT molecular complexity index is 652. The van der Waals surface area contributed by atoms with Crippen molar-refractivity contribution in [2.75, 3.05) is 0 Å². The number of hydrogen-bond acceptors (Lipinski definition) is 2. The Labute approximate surface area is 122 Å². The third kappa shape index (κ3) is 2.47. The van der Waals surface area contributed by atoms with Crippen LogP contribution in [0.4, 0.5) is 0 Å². The van der Waals surface area contributed by atoms with Crippen molar-refractivity contribution >= 4 is 32.1 Å². The minimum Gasteiger partial charge on any atom is -0.139 e. The van der Waals surface area contributed by atoms with E-state index < -0.39 is 0 Å². The molecule has 0 saturated carbocycles. The molecule has 98 valence electrons.